The van der Waals surface area contributed by atoms with E-state index in [2.05, 4.69) is 13.8 Å². The fraction of sp³-hybridized carbons (Fsp3) is 0.935. The van der Waals surface area contributed by atoms with Crippen LogP contribution in [0.2, 0.25) is 0 Å². The van der Waals surface area contributed by atoms with Crippen LogP contribution in [0.15, 0.2) is 11.1 Å². The summed E-state index contributed by atoms with van der Waals surface area (Å²) in [5.74, 6) is 1.20. The molecule has 2 heterocycles. The Morgan fingerprint density at radius 3 is 2.14 bits per heavy atom. The average Bonchev–Trinajstić information content (AvgIpc) is 3.38. The van der Waals surface area contributed by atoms with Crippen LogP contribution >= 0.6 is 0 Å². The molecule has 15 atom stereocenters. The summed E-state index contributed by atoms with van der Waals surface area (Å²) < 4.78 is 23.3. The Hall–Kier alpha value is -0.700. The van der Waals surface area contributed by atoms with Crippen LogP contribution in [0.5, 0.6) is 0 Å². The molecule has 15 unspecified atom stereocenters. The van der Waals surface area contributed by atoms with Crippen LogP contribution in [-0.4, -0.2) is 116 Å². The van der Waals surface area contributed by atoms with Crippen molar-refractivity contribution < 1.29 is 54.7 Å². The maximum atomic E-state index is 11.2. The van der Waals surface area contributed by atoms with Gasteiger partial charge in [0.2, 0.25) is 0 Å². The first kappa shape index (κ1) is 31.3. The minimum Gasteiger partial charge on any atom is -0.394 e. The highest BCUT2D eigenvalue weighted by Gasteiger charge is 2.54. The molecule has 4 aliphatic carbocycles. The molecule has 0 spiro atoms. The number of rotatable bonds is 6. The number of ether oxygens (including phenoxy) is 4. The molecule has 0 bridgehead atoms. The third-order valence-electron chi connectivity index (χ3n) is 12.0. The van der Waals surface area contributed by atoms with E-state index in [9.17, 15) is 35.7 Å². The highest BCUT2D eigenvalue weighted by atomic mass is 16.7. The van der Waals surface area contributed by atoms with E-state index in [4.69, 9.17) is 18.9 Å². The highest BCUT2D eigenvalue weighted by molar-refractivity contribution is 5.33. The van der Waals surface area contributed by atoms with E-state index in [1.807, 2.05) is 0 Å². The first-order valence-corrected chi connectivity index (χ1v) is 16.0. The lowest BCUT2D eigenvalue weighted by Gasteiger charge is -2.54. The van der Waals surface area contributed by atoms with Gasteiger partial charge in [0.25, 0.3) is 0 Å². The van der Waals surface area contributed by atoms with Gasteiger partial charge in [0.15, 0.2) is 12.6 Å². The largest absolute Gasteiger partial charge is 0.394 e. The molecule has 11 heteroatoms. The highest BCUT2D eigenvalue weighted by Crippen LogP contribution is 2.63. The van der Waals surface area contributed by atoms with Crippen molar-refractivity contribution in [3.63, 3.8) is 0 Å². The summed E-state index contributed by atoms with van der Waals surface area (Å²) in [6.45, 7) is 3.72. The SMILES string of the molecule is CC12CCCC1C1=C(CC2)C2(C)CCC(OC3OC(CO)C(O)C(OC4OC(CO)C(O)C(O)C4O)C3O)CC2CC1. The zero-order valence-corrected chi connectivity index (χ0v) is 24.8. The maximum Gasteiger partial charge on any atom is 0.187 e. The summed E-state index contributed by atoms with van der Waals surface area (Å²) in [5, 5.41) is 72.1. The van der Waals surface area contributed by atoms with Gasteiger partial charge in [-0.3, -0.25) is 0 Å². The van der Waals surface area contributed by atoms with Crippen LogP contribution in [0.3, 0.4) is 0 Å². The number of allylic oxidation sites excluding steroid dienone is 2. The molecule has 11 nitrogen and oxygen atoms in total. The van der Waals surface area contributed by atoms with E-state index >= 15 is 0 Å². The van der Waals surface area contributed by atoms with Crippen LogP contribution in [0.25, 0.3) is 0 Å². The molecule has 7 N–H and O–H groups in total. The molecule has 240 valence electrons. The minimum atomic E-state index is -1.71. The molecular formula is C31H50O11. The second-order valence-electron chi connectivity index (χ2n) is 14.3. The van der Waals surface area contributed by atoms with Crippen LogP contribution in [0.4, 0.5) is 0 Å². The maximum absolute atomic E-state index is 11.2. The quantitative estimate of drug-likeness (QED) is 0.212. The second-order valence-corrected chi connectivity index (χ2v) is 14.3. The third-order valence-corrected chi connectivity index (χ3v) is 12.0. The van der Waals surface area contributed by atoms with Crippen molar-refractivity contribution >= 4 is 0 Å². The van der Waals surface area contributed by atoms with Crippen LogP contribution in [0, 0.1) is 22.7 Å². The monoisotopic (exact) mass is 598 g/mol. The van der Waals surface area contributed by atoms with Gasteiger partial charge < -0.3 is 54.7 Å². The summed E-state index contributed by atoms with van der Waals surface area (Å²) >= 11 is 0. The van der Waals surface area contributed by atoms with E-state index < -0.39 is 74.6 Å². The lowest BCUT2D eigenvalue weighted by molar-refractivity contribution is -0.364. The molecule has 2 aliphatic heterocycles. The molecule has 2 saturated heterocycles. The normalized spacial score (nSPS) is 52.9. The van der Waals surface area contributed by atoms with Gasteiger partial charge in [0.05, 0.1) is 19.3 Å². The minimum absolute atomic E-state index is 0.155. The van der Waals surface area contributed by atoms with E-state index in [1.165, 1.54) is 32.1 Å². The second kappa shape index (κ2) is 11.9. The fourth-order valence-electron chi connectivity index (χ4n) is 9.38. The van der Waals surface area contributed by atoms with Gasteiger partial charge in [-0.2, -0.15) is 0 Å². The van der Waals surface area contributed by atoms with Crippen molar-refractivity contribution in [1.29, 1.82) is 0 Å². The standard InChI is InChI=1S/C31H50O11/c1-30-9-3-4-18(30)17-6-5-15-12-16(7-11-31(15,2)19(17)8-10-30)39-29-26(38)27(23(35)21(14-33)41-29)42-28-25(37)24(36)22(34)20(13-32)40-28/h15-16,18,20-29,32-38H,3-14H2,1-2H3. The Bertz CT molecular complexity index is 1010. The molecule has 2 saturated carbocycles. The summed E-state index contributed by atoms with van der Waals surface area (Å²) in [6, 6.07) is 0. The zero-order chi connectivity index (χ0) is 30.0. The average molecular weight is 599 g/mol. The molecule has 0 aromatic carbocycles. The molecule has 42 heavy (non-hydrogen) atoms. The summed E-state index contributed by atoms with van der Waals surface area (Å²) in [6.07, 6.45) is -3.29. The Morgan fingerprint density at radius 2 is 1.43 bits per heavy atom. The van der Waals surface area contributed by atoms with E-state index in [0.29, 0.717) is 11.3 Å². The van der Waals surface area contributed by atoms with E-state index in [0.717, 1.165) is 38.0 Å². The van der Waals surface area contributed by atoms with E-state index in [-0.39, 0.29) is 11.5 Å². The van der Waals surface area contributed by atoms with Gasteiger partial charge >= 0.3 is 0 Å². The van der Waals surface area contributed by atoms with Gasteiger partial charge in [-0.25, -0.2) is 0 Å². The first-order valence-electron chi connectivity index (χ1n) is 16.0. The van der Waals surface area contributed by atoms with Crippen molar-refractivity contribution in [1.82, 2.24) is 0 Å². The van der Waals surface area contributed by atoms with Gasteiger partial charge in [0, 0.05) is 0 Å². The van der Waals surface area contributed by atoms with Crippen molar-refractivity contribution in [3.05, 3.63) is 11.1 Å². The predicted octanol–water partition coefficient (Wildman–Crippen LogP) is 0.493. The number of hydrogen-bond donors (Lipinski definition) is 7. The van der Waals surface area contributed by atoms with Crippen molar-refractivity contribution in [3.8, 4) is 0 Å². The Labute approximate surface area is 247 Å². The van der Waals surface area contributed by atoms with Gasteiger partial charge in [-0.15, -0.1) is 0 Å². The topological polar surface area (TPSA) is 179 Å². The number of aliphatic hydroxyl groups excluding tert-OH is 7. The summed E-state index contributed by atoms with van der Waals surface area (Å²) in [4.78, 5) is 0. The summed E-state index contributed by atoms with van der Waals surface area (Å²) in [5.41, 5.74) is 4.08. The molecule has 0 radical (unpaired) electrons. The lowest BCUT2D eigenvalue weighted by atomic mass is 9.51. The van der Waals surface area contributed by atoms with E-state index in [1.54, 1.807) is 11.1 Å². The molecule has 6 rings (SSSR count). The summed E-state index contributed by atoms with van der Waals surface area (Å²) in [7, 11) is 0. The smallest absolute Gasteiger partial charge is 0.187 e. The molecule has 6 aliphatic rings. The fourth-order valence-corrected chi connectivity index (χ4v) is 9.38. The number of aliphatic hydroxyl groups is 7. The zero-order valence-electron chi connectivity index (χ0n) is 24.8. The number of hydrogen-bond acceptors (Lipinski definition) is 11. The molecule has 0 aromatic heterocycles. The van der Waals surface area contributed by atoms with Crippen molar-refractivity contribution in [2.45, 2.75) is 146 Å². The van der Waals surface area contributed by atoms with Crippen molar-refractivity contribution in [2.24, 2.45) is 22.7 Å². The molecular weight excluding hydrogens is 548 g/mol. The van der Waals surface area contributed by atoms with Gasteiger partial charge in [-0.05, 0) is 80.5 Å². The molecule has 4 fully saturated rings. The Morgan fingerprint density at radius 1 is 0.738 bits per heavy atom. The predicted molar refractivity (Wildman–Crippen MR) is 148 cm³/mol. The lowest BCUT2D eigenvalue weighted by Crippen LogP contribution is -2.65. The first-order chi connectivity index (χ1) is 20.0. The molecule has 0 aromatic rings. The van der Waals surface area contributed by atoms with Gasteiger partial charge in [-0.1, -0.05) is 31.4 Å². The van der Waals surface area contributed by atoms with Crippen LogP contribution in [-0.2, 0) is 18.9 Å². The Balaban J connectivity index is 1.13. The molecule has 0 amide bonds. The van der Waals surface area contributed by atoms with Crippen molar-refractivity contribution in [2.75, 3.05) is 13.2 Å². The number of fused-ring (bicyclic) bond motifs is 4. The Kier molecular flexibility index (Phi) is 8.87. The van der Waals surface area contributed by atoms with Gasteiger partial charge in [0.1, 0.15) is 48.8 Å². The van der Waals surface area contributed by atoms with Crippen LogP contribution in [0.1, 0.15) is 78.1 Å². The third kappa shape index (κ3) is 5.20. The van der Waals surface area contributed by atoms with Crippen LogP contribution < -0.4 is 0 Å².